The Balaban J connectivity index is 1.28. The maximum absolute atomic E-state index is 6.24. The highest BCUT2D eigenvalue weighted by Gasteiger charge is 2.24. The van der Waals surface area contributed by atoms with E-state index in [2.05, 4.69) is 171 Å². The van der Waals surface area contributed by atoms with Crippen LogP contribution in [0.2, 0.25) is 0 Å². The summed E-state index contributed by atoms with van der Waals surface area (Å²) in [5.41, 5.74) is 13.0. The van der Waals surface area contributed by atoms with Crippen LogP contribution >= 0.6 is 0 Å². The van der Waals surface area contributed by atoms with Crippen LogP contribution in [0.3, 0.4) is 0 Å². The lowest BCUT2D eigenvalue weighted by molar-refractivity contribution is 0.445. The van der Waals surface area contributed by atoms with Gasteiger partial charge in [0.05, 0.1) is 11.4 Å². The summed E-state index contributed by atoms with van der Waals surface area (Å²) in [5.74, 6) is 0.599. The Morgan fingerprint density at radius 2 is 1.17 bits per heavy atom. The first-order valence-electron chi connectivity index (χ1n) is 19.0. The highest BCUT2D eigenvalue weighted by molar-refractivity contribution is 6.07. The van der Waals surface area contributed by atoms with Crippen LogP contribution in [0.5, 0.6) is 0 Å². The van der Waals surface area contributed by atoms with Gasteiger partial charge in [-0.05, 0) is 99.7 Å². The smallest absolute Gasteiger partial charge is 0.135 e. The van der Waals surface area contributed by atoms with Crippen molar-refractivity contribution in [2.75, 3.05) is 4.90 Å². The van der Waals surface area contributed by atoms with Crippen molar-refractivity contribution in [1.82, 2.24) is 0 Å². The molecule has 0 spiro atoms. The van der Waals surface area contributed by atoms with Crippen molar-refractivity contribution in [1.29, 1.82) is 0 Å². The largest absolute Gasteiger partial charge is 0.456 e. The minimum absolute atomic E-state index is 0.0560. The van der Waals surface area contributed by atoms with E-state index < -0.39 is 0 Å². The van der Waals surface area contributed by atoms with Crippen molar-refractivity contribution in [2.45, 2.75) is 64.2 Å². The van der Waals surface area contributed by atoms with Gasteiger partial charge in [0.25, 0.3) is 0 Å². The van der Waals surface area contributed by atoms with E-state index in [9.17, 15) is 0 Å². The number of hydrogen-bond acceptors (Lipinski definition) is 2. The summed E-state index contributed by atoms with van der Waals surface area (Å²) in [6, 6.07) is 55.9. The van der Waals surface area contributed by atoms with Gasteiger partial charge < -0.3 is 9.32 Å². The number of nitrogens with zero attached hydrogens (tertiary/aromatic N) is 1. The van der Waals surface area contributed by atoms with Crippen molar-refractivity contribution in [2.24, 2.45) is 0 Å². The van der Waals surface area contributed by atoms with Gasteiger partial charge in [0.2, 0.25) is 0 Å². The number of fused-ring (bicyclic) bond motifs is 4. The Bertz CT molecular complexity index is 2540. The molecule has 52 heavy (non-hydrogen) atoms. The molecule has 1 aliphatic carbocycles. The lowest BCUT2D eigenvalue weighted by Gasteiger charge is -2.31. The standard InChI is InChI=1S/C50H45NO/c1-50(2,3)37-28-30-38(31-29-37)51(45-24-10-7-19-39(45)36-27-32-48-44(33-36)42-21-9-12-26-47(42)52-48)46-25-11-8-20-41(46)43-23-14-18-35-17-13-22-40(49(35)43)34-15-5-4-6-16-34/h7-14,17-34H,4-6,15-16H2,1-3H3. The van der Waals surface area contributed by atoms with Gasteiger partial charge in [0, 0.05) is 27.6 Å². The van der Waals surface area contributed by atoms with Gasteiger partial charge in [-0.15, -0.1) is 0 Å². The van der Waals surface area contributed by atoms with Crippen LogP contribution < -0.4 is 4.90 Å². The minimum Gasteiger partial charge on any atom is -0.456 e. The predicted molar refractivity (Wildman–Crippen MR) is 221 cm³/mol. The maximum atomic E-state index is 6.24. The van der Waals surface area contributed by atoms with E-state index in [-0.39, 0.29) is 5.41 Å². The molecule has 1 saturated carbocycles. The Morgan fingerprint density at radius 3 is 1.94 bits per heavy atom. The second-order valence-corrected chi connectivity index (χ2v) is 15.6. The predicted octanol–water partition coefficient (Wildman–Crippen LogP) is 14.9. The van der Waals surface area contributed by atoms with Crippen molar-refractivity contribution in [3.05, 3.63) is 163 Å². The van der Waals surface area contributed by atoms with E-state index in [4.69, 9.17) is 4.42 Å². The van der Waals surface area contributed by atoms with E-state index in [1.807, 2.05) is 6.07 Å². The van der Waals surface area contributed by atoms with Crippen LogP contribution in [0.15, 0.2) is 156 Å². The van der Waals surface area contributed by atoms with Crippen LogP contribution in [-0.2, 0) is 5.41 Å². The third kappa shape index (κ3) is 5.77. The molecule has 0 aliphatic heterocycles. The zero-order chi connectivity index (χ0) is 35.2. The van der Waals surface area contributed by atoms with Crippen LogP contribution in [0, 0.1) is 0 Å². The van der Waals surface area contributed by atoms with E-state index in [1.165, 1.54) is 76.4 Å². The first kappa shape index (κ1) is 32.3. The maximum Gasteiger partial charge on any atom is 0.135 e. The van der Waals surface area contributed by atoms with Crippen LogP contribution in [0.4, 0.5) is 17.1 Å². The third-order valence-corrected chi connectivity index (χ3v) is 11.2. The molecule has 0 amide bonds. The van der Waals surface area contributed by atoms with Crippen molar-refractivity contribution >= 4 is 49.8 Å². The second-order valence-electron chi connectivity index (χ2n) is 15.6. The SMILES string of the molecule is CC(C)(C)c1ccc(N(c2ccccc2-c2ccc3oc4ccccc4c3c2)c2ccccc2-c2cccc3cccc(C4CCCCC4)c23)cc1. The van der Waals surface area contributed by atoms with Crippen LogP contribution in [0.25, 0.3) is 55.0 Å². The monoisotopic (exact) mass is 675 g/mol. The van der Waals surface area contributed by atoms with E-state index in [0.717, 1.165) is 38.9 Å². The average Bonchev–Trinajstić information content (AvgIpc) is 3.56. The van der Waals surface area contributed by atoms with Gasteiger partial charge >= 0.3 is 0 Å². The fourth-order valence-electron chi connectivity index (χ4n) is 8.57. The van der Waals surface area contributed by atoms with E-state index in [1.54, 1.807) is 0 Å². The second kappa shape index (κ2) is 13.2. The number of rotatable bonds is 6. The molecule has 1 fully saturated rings. The molecule has 7 aromatic carbocycles. The van der Waals surface area contributed by atoms with Gasteiger partial charge in [-0.3, -0.25) is 0 Å². The summed E-state index contributed by atoms with van der Waals surface area (Å²) in [6.07, 6.45) is 6.52. The Kier molecular flexibility index (Phi) is 8.19. The van der Waals surface area contributed by atoms with Crippen molar-refractivity contribution in [3.8, 4) is 22.3 Å². The molecular formula is C50H45NO. The van der Waals surface area contributed by atoms with E-state index in [0.29, 0.717) is 5.92 Å². The number of hydrogen-bond donors (Lipinski definition) is 0. The van der Waals surface area contributed by atoms with E-state index >= 15 is 0 Å². The molecule has 1 heterocycles. The fourth-order valence-corrected chi connectivity index (χ4v) is 8.57. The highest BCUT2D eigenvalue weighted by Crippen LogP contribution is 2.48. The average molecular weight is 676 g/mol. The van der Waals surface area contributed by atoms with Crippen LogP contribution in [-0.4, -0.2) is 0 Å². The molecule has 256 valence electrons. The first-order chi connectivity index (χ1) is 25.4. The molecule has 8 aromatic rings. The molecule has 0 radical (unpaired) electrons. The molecule has 2 heteroatoms. The number of benzene rings is 7. The van der Waals surface area contributed by atoms with Gasteiger partial charge in [0.1, 0.15) is 11.2 Å². The lowest BCUT2D eigenvalue weighted by Crippen LogP contribution is -2.14. The molecule has 2 nitrogen and oxygen atoms in total. The summed E-state index contributed by atoms with van der Waals surface area (Å²) in [4.78, 5) is 2.48. The quantitative estimate of drug-likeness (QED) is 0.174. The summed E-state index contributed by atoms with van der Waals surface area (Å²) in [6.45, 7) is 6.85. The number of anilines is 3. The lowest BCUT2D eigenvalue weighted by atomic mass is 9.80. The van der Waals surface area contributed by atoms with Gasteiger partial charge in [0.15, 0.2) is 0 Å². The first-order valence-corrected chi connectivity index (χ1v) is 19.0. The van der Waals surface area contributed by atoms with Gasteiger partial charge in [-0.2, -0.15) is 0 Å². The minimum atomic E-state index is 0.0560. The zero-order valence-electron chi connectivity index (χ0n) is 30.4. The molecule has 0 N–H and O–H groups in total. The summed E-state index contributed by atoms with van der Waals surface area (Å²) >= 11 is 0. The normalized spacial score (nSPS) is 14.0. The van der Waals surface area contributed by atoms with Gasteiger partial charge in [-0.1, -0.05) is 149 Å². The molecule has 0 atom stereocenters. The molecule has 1 aliphatic rings. The topological polar surface area (TPSA) is 16.4 Å². The van der Waals surface area contributed by atoms with Crippen molar-refractivity contribution < 1.29 is 4.42 Å². The summed E-state index contributed by atoms with van der Waals surface area (Å²) in [7, 11) is 0. The molecule has 0 saturated heterocycles. The highest BCUT2D eigenvalue weighted by atomic mass is 16.3. The third-order valence-electron chi connectivity index (χ3n) is 11.2. The summed E-state index contributed by atoms with van der Waals surface area (Å²) < 4.78 is 6.24. The summed E-state index contributed by atoms with van der Waals surface area (Å²) in [5, 5.41) is 4.99. The zero-order valence-corrected chi connectivity index (χ0v) is 30.4. The fraction of sp³-hybridized carbons (Fsp3) is 0.200. The molecule has 9 rings (SSSR count). The van der Waals surface area contributed by atoms with Crippen LogP contribution in [0.1, 0.15) is 69.9 Å². The molecule has 0 bridgehead atoms. The molecular weight excluding hydrogens is 631 g/mol. The Labute approximate surface area is 307 Å². The Hall–Kier alpha value is -5.60. The number of para-hydroxylation sites is 3. The van der Waals surface area contributed by atoms with Gasteiger partial charge in [-0.25, -0.2) is 0 Å². The van der Waals surface area contributed by atoms with Crippen molar-refractivity contribution in [3.63, 3.8) is 0 Å². The molecule has 1 aromatic heterocycles. The Morgan fingerprint density at radius 1 is 0.538 bits per heavy atom. The molecule has 0 unspecified atom stereocenters. The number of furan rings is 1.